The summed E-state index contributed by atoms with van der Waals surface area (Å²) in [4.78, 5) is 22.4. The van der Waals surface area contributed by atoms with E-state index in [-0.39, 0.29) is 12.0 Å². The number of terminal acetylenes is 1. The number of likely N-dealkylation sites (tertiary alicyclic amines) is 1. The van der Waals surface area contributed by atoms with Gasteiger partial charge in [-0.25, -0.2) is 9.97 Å². The molecule has 2 heterocycles. The molecule has 0 radical (unpaired) electrons. The lowest BCUT2D eigenvalue weighted by Crippen LogP contribution is -2.41. The van der Waals surface area contributed by atoms with Gasteiger partial charge in [0.2, 0.25) is 0 Å². The van der Waals surface area contributed by atoms with Gasteiger partial charge in [0.25, 0.3) is 5.91 Å². The van der Waals surface area contributed by atoms with E-state index in [4.69, 9.17) is 15.9 Å². The van der Waals surface area contributed by atoms with Gasteiger partial charge in [0.15, 0.2) is 11.5 Å². The van der Waals surface area contributed by atoms with Crippen LogP contribution in [0.4, 0.5) is 11.5 Å². The molecule has 0 aliphatic carbocycles. The Morgan fingerprint density at radius 3 is 2.65 bits per heavy atom. The van der Waals surface area contributed by atoms with Crippen LogP contribution in [0.15, 0.2) is 60.9 Å². The molecule has 1 aliphatic rings. The molecule has 4 aromatic rings. The van der Waals surface area contributed by atoms with Crippen LogP contribution in [0.3, 0.4) is 0 Å². The second-order valence-electron chi connectivity index (χ2n) is 8.15. The molecular formula is C27H24N4O3. The molecule has 1 N–H and O–H groups in total. The summed E-state index contributed by atoms with van der Waals surface area (Å²) in [5.41, 5.74) is 1.71. The number of rotatable bonds is 5. The van der Waals surface area contributed by atoms with E-state index in [1.54, 1.807) is 12.0 Å². The summed E-state index contributed by atoms with van der Waals surface area (Å²) in [6, 6.07) is 18.1. The van der Waals surface area contributed by atoms with Crippen LogP contribution in [-0.2, 0) is 4.79 Å². The number of hydrogen-bond donors (Lipinski definition) is 1. The third-order valence-corrected chi connectivity index (χ3v) is 6.11. The first-order valence-electron chi connectivity index (χ1n) is 11.2. The van der Waals surface area contributed by atoms with E-state index in [1.807, 2.05) is 36.4 Å². The predicted molar refractivity (Wildman–Crippen MR) is 132 cm³/mol. The third kappa shape index (κ3) is 4.18. The normalized spacial score (nSPS) is 14.1. The Bertz CT molecular complexity index is 1400. The van der Waals surface area contributed by atoms with Gasteiger partial charge >= 0.3 is 0 Å². The van der Waals surface area contributed by atoms with Crippen LogP contribution in [0, 0.1) is 12.3 Å². The van der Waals surface area contributed by atoms with Crippen LogP contribution in [0.5, 0.6) is 11.5 Å². The maximum atomic E-state index is 11.8. The highest BCUT2D eigenvalue weighted by molar-refractivity contribution is 5.99. The lowest BCUT2D eigenvalue weighted by Gasteiger charge is -2.31. The number of nitrogens with zero attached hydrogens (tertiary/aromatic N) is 3. The first-order chi connectivity index (χ1) is 16.7. The van der Waals surface area contributed by atoms with Crippen molar-refractivity contribution in [1.82, 2.24) is 14.9 Å². The van der Waals surface area contributed by atoms with Gasteiger partial charge in [-0.3, -0.25) is 4.79 Å². The van der Waals surface area contributed by atoms with Crippen LogP contribution in [0.25, 0.3) is 21.7 Å². The van der Waals surface area contributed by atoms with Crippen LogP contribution in [0.2, 0.25) is 0 Å². The van der Waals surface area contributed by atoms with Crippen molar-refractivity contribution in [3.63, 3.8) is 0 Å². The number of amides is 1. The summed E-state index contributed by atoms with van der Waals surface area (Å²) in [7, 11) is 1.61. The number of benzene rings is 3. The Hall–Kier alpha value is -4.31. The topological polar surface area (TPSA) is 76.6 Å². The van der Waals surface area contributed by atoms with E-state index < -0.39 is 0 Å². The quantitative estimate of drug-likeness (QED) is 0.448. The summed E-state index contributed by atoms with van der Waals surface area (Å²) in [5, 5.41) is 6.55. The average molecular weight is 453 g/mol. The number of nitrogens with one attached hydrogen (secondary N) is 1. The Labute approximate surface area is 197 Å². The summed E-state index contributed by atoms with van der Waals surface area (Å²) in [6.07, 6.45) is 8.12. The van der Waals surface area contributed by atoms with E-state index in [0.29, 0.717) is 43.2 Å². The van der Waals surface area contributed by atoms with Crippen LogP contribution in [-0.4, -0.2) is 47.1 Å². The number of hydrogen-bond acceptors (Lipinski definition) is 6. The van der Waals surface area contributed by atoms with Gasteiger partial charge in [0, 0.05) is 48.5 Å². The van der Waals surface area contributed by atoms with E-state index in [2.05, 4.69) is 39.4 Å². The Morgan fingerprint density at radius 2 is 1.85 bits per heavy atom. The zero-order valence-electron chi connectivity index (χ0n) is 18.8. The van der Waals surface area contributed by atoms with Gasteiger partial charge in [-0.05, 0) is 23.4 Å². The summed E-state index contributed by atoms with van der Waals surface area (Å²) < 4.78 is 11.9. The number of piperidine rings is 1. The molecule has 0 spiro atoms. The van der Waals surface area contributed by atoms with Crippen LogP contribution >= 0.6 is 0 Å². The fourth-order valence-corrected chi connectivity index (χ4v) is 4.32. The van der Waals surface area contributed by atoms with Gasteiger partial charge in [0.05, 0.1) is 12.6 Å². The molecule has 7 nitrogen and oxygen atoms in total. The third-order valence-electron chi connectivity index (χ3n) is 6.11. The molecule has 1 aromatic heterocycles. The Kier molecular flexibility index (Phi) is 5.88. The van der Waals surface area contributed by atoms with Crippen molar-refractivity contribution in [1.29, 1.82) is 0 Å². The van der Waals surface area contributed by atoms with E-state index in [1.165, 1.54) is 6.33 Å². The Morgan fingerprint density at radius 1 is 1.06 bits per heavy atom. The monoisotopic (exact) mass is 452 g/mol. The van der Waals surface area contributed by atoms with Gasteiger partial charge in [-0.2, -0.15) is 0 Å². The van der Waals surface area contributed by atoms with Gasteiger partial charge in [0.1, 0.15) is 18.2 Å². The molecule has 34 heavy (non-hydrogen) atoms. The summed E-state index contributed by atoms with van der Waals surface area (Å²) in [5.74, 6) is 3.81. The molecule has 0 saturated carbocycles. The fraction of sp³-hybridized carbons (Fsp3) is 0.222. The van der Waals surface area contributed by atoms with Crippen molar-refractivity contribution in [2.75, 3.05) is 25.5 Å². The SMILES string of the molecule is C#CC(=O)N1CCC(Oc2cc3c(Nc4cccc5ccccc45)ncnc3cc2OC)CC1. The average Bonchev–Trinajstić information content (AvgIpc) is 2.89. The van der Waals surface area contributed by atoms with Crippen molar-refractivity contribution in [2.24, 2.45) is 0 Å². The summed E-state index contributed by atoms with van der Waals surface area (Å²) >= 11 is 0. The van der Waals surface area contributed by atoms with Crippen molar-refractivity contribution in [2.45, 2.75) is 18.9 Å². The largest absolute Gasteiger partial charge is 0.493 e. The van der Waals surface area contributed by atoms with Crippen LogP contribution < -0.4 is 14.8 Å². The molecule has 1 saturated heterocycles. The highest BCUT2D eigenvalue weighted by Crippen LogP contribution is 2.37. The second-order valence-corrected chi connectivity index (χ2v) is 8.15. The van der Waals surface area contributed by atoms with Crippen LogP contribution in [0.1, 0.15) is 12.8 Å². The minimum atomic E-state index is -0.275. The van der Waals surface area contributed by atoms with Gasteiger partial charge in [-0.1, -0.05) is 36.4 Å². The molecule has 7 heteroatoms. The van der Waals surface area contributed by atoms with E-state index in [0.717, 1.165) is 27.4 Å². The highest BCUT2D eigenvalue weighted by atomic mass is 16.5. The minimum Gasteiger partial charge on any atom is -0.493 e. The first-order valence-corrected chi connectivity index (χ1v) is 11.2. The molecule has 1 aliphatic heterocycles. The molecule has 0 atom stereocenters. The summed E-state index contributed by atoms with van der Waals surface area (Å²) in [6.45, 7) is 1.14. The molecular weight excluding hydrogens is 428 g/mol. The predicted octanol–water partition coefficient (Wildman–Crippen LogP) is 4.54. The standard InChI is InChI=1S/C27H24N4O3/c1-3-26(32)31-13-11-19(12-14-31)34-25-15-21-23(16-24(25)33-2)28-17-29-27(21)30-22-10-6-8-18-7-4-5-9-20(18)22/h1,4-10,15-17,19H,11-14H2,2H3,(H,28,29,30). The smallest absolute Gasteiger partial charge is 0.298 e. The number of methoxy groups -OCH3 is 1. The zero-order valence-corrected chi connectivity index (χ0v) is 18.8. The number of anilines is 2. The van der Waals surface area contributed by atoms with Crippen molar-refractivity contribution in [3.05, 3.63) is 60.9 Å². The first kappa shape index (κ1) is 21.5. The molecule has 0 bridgehead atoms. The van der Waals surface area contributed by atoms with E-state index >= 15 is 0 Å². The lowest BCUT2D eigenvalue weighted by molar-refractivity contribution is -0.126. The van der Waals surface area contributed by atoms with Crippen molar-refractivity contribution < 1.29 is 14.3 Å². The van der Waals surface area contributed by atoms with Gasteiger partial charge in [-0.15, -0.1) is 6.42 Å². The maximum absolute atomic E-state index is 11.8. The van der Waals surface area contributed by atoms with E-state index in [9.17, 15) is 4.79 Å². The Balaban J connectivity index is 1.45. The molecule has 1 fully saturated rings. The lowest BCUT2D eigenvalue weighted by atomic mass is 10.1. The number of carbonyl (C=O) groups is 1. The number of aromatic nitrogens is 2. The van der Waals surface area contributed by atoms with Gasteiger partial charge < -0.3 is 19.7 Å². The molecule has 1 amide bonds. The molecule has 5 rings (SSSR count). The fourth-order valence-electron chi connectivity index (χ4n) is 4.32. The second kappa shape index (κ2) is 9.28. The number of ether oxygens (including phenoxy) is 2. The minimum absolute atomic E-state index is 0.0488. The molecule has 170 valence electrons. The zero-order chi connectivity index (χ0) is 23.5. The molecule has 0 unspecified atom stereocenters. The molecule has 3 aromatic carbocycles. The number of carbonyl (C=O) groups excluding carboxylic acids is 1. The highest BCUT2D eigenvalue weighted by Gasteiger charge is 2.24. The number of fused-ring (bicyclic) bond motifs is 2. The van der Waals surface area contributed by atoms with Crippen molar-refractivity contribution >= 4 is 39.1 Å². The maximum Gasteiger partial charge on any atom is 0.298 e. The van der Waals surface area contributed by atoms with Crippen molar-refractivity contribution in [3.8, 4) is 23.8 Å².